The Morgan fingerprint density at radius 3 is 2.32 bits per heavy atom. The van der Waals surface area contributed by atoms with Crippen molar-refractivity contribution in [2.45, 2.75) is 70.1 Å². The van der Waals surface area contributed by atoms with Gasteiger partial charge in [0.15, 0.2) is 0 Å². The van der Waals surface area contributed by atoms with Gasteiger partial charge in [-0.1, -0.05) is 61.0 Å². The number of carboxylic acid groups (broad SMARTS) is 1. The van der Waals surface area contributed by atoms with Crippen LogP contribution in [0.3, 0.4) is 0 Å². The Labute approximate surface area is 185 Å². The summed E-state index contributed by atoms with van der Waals surface area (Å²) in [6.07, 6.45) is 9.63. The molecule has 2 aliphatic rings. The first kappa shape index (κ1) is 21.8. The highest BCUT2D eigenvalue weighted by molar-refractivity contribution is 5.87. The molecule has 4 heteroatoms. The van der Waals surface area contributed by atoms with Crippen LogP contribution in [0, 0.1) is 5.92 Å². The summed E-state index contributed by atoms with van der Waals surface area (Å²) in [6.45, 7) is 3.08. The zero-order valence-corrected chi connectivity index (χ0v) is 18.4. The van der Waals surface area contributed by atoms with Crippen LogP contribution >= 0.6 is 0 Å². The van der Waals surface area contributed by atoms with Gasteiger partial charge in [-0.2, -0.15) is 0 Å². The Balaban J connectivity index is 1.18. The molecule has 0 spiro atoms. The Hall–Kier alpha value is -2.43. The van der Waals surface area contributed by atoms with Crippen LogP contribution in [0.1, 0.15) is 66.9 Å². The number of rotatable bonds is 9. The number of benzene rings is 2. The number of aromatic carboxylic acids is 1. The van der Waals surface area contributed by atoms with E-state index >= 15 is 0 Å². The normalized spacial score (nSPS) is 25.9. The smallest absolute Gasteiger partial charge is 0.335 e. The molecule has 0 aliphatic heterocycles. The predicted octanol–water partition coefficient (Wildman–Crippen LogP) is 5.26. The second kappa shape index (κ2) is 10.3. The fourth-order valence-electron chi connectivity index (χ4n) is 4.82. The average Bonchev–Trinajstić information content (AvgIpc) is 3.56. The van der Waals surface area contributed by atoms with Gasteiger partial charge in [0.1, 0.15) is 0 Å². The molecule has 4 rings (SSSR count). The number of nitrogens with one attached hydrogen (secondary N) is 2. The zero-order valence-electron chi connectivity index (χ0n) is 18.4. The highest BCUT2D eigenvalue weighted by Crippen LogP contribution is 2.40. The lowest BCUT2D eigenvalue weighted by atomic mass is 9.91. The van der Waals surface area contributed by atoms with Gasteiger partial charge in [0.2, 0.25) is 0 Å². The predicted molar refractivity (Wildman–Crippen MR) is 126 cm³/mol. The topological polar surface area (TPSA) is 61.4 Å². The third-order valence-electron chi connectivity index (χ3n) is 6.80. The molecule has 4 nitrogen and oxygen atoms in total. The second-order valence-electron chi connectivity index (χ2n) is 9.03. The van der Waals surface area contributed by atoms with Crippen LogP contribution < -0.4 is 10.6 Å². The van der Waals surface area contributed by atoms with E-state index in [4.69, 9.17) is 5.11 Å². The number of carbonyl (C=O) groups is 1. The van der Waals surface area contributed by atoms with Crippen molar-refractivity contribution in [1.82, 2.24) is 10.6 Å². The van der Waals surface area contributed by atoms with Crippen molar-refractivity contribution in [3.05, 3.63) is 76.9 Å². The Bertz CT molecular complexity index is 883. The summed E-state index contributed by atoms with van der Waals surface area (Å²) in [5.74, 6) is -0.167. The lowest BCUT2D eigenvalue weighted by Crippen LogP contribution is -2.40. The van der Waals surface area contributed by atoms with Gasteiger partial charge in [0.25, 0.3) is 0 Å². The first-order valence-corrected chi connectivity index (χ1v) is 11.7. The molecule has 2 atom stereocenters. The monoisotopic (exact) mass is 418 g/mol. The minimum atomic E-state index is -0.871. The number of carboxylic acids is 1. The van der Waals surface area contributed by atoms with E-state index in [0.29, 0.717) is 29.6 Å². The minimum absolute atomic E-state index is 0.346. The van der Waals surface area contributed by atoms with Crippen molar-refractivity contribution in [2.24, 2.45) is 5.92 Å². The summed E-state index contributed by atoms with van der Waals surface area (Å²) in [4.78, 5) is 11.0. The molecule has 2 aromatic rings. The van der Waals surface area contributed by atoms with Crippen LogP contribution in [0.15, 0.2) is 60.2 Å². The summed E-state index contributed by atoms with van der Waals surface area (Å²) >= 11 is 0. The third kappa shape index (κ3) is 6.05. The lowest BCUT2D eigenvalue weighted by Gasteiger charge is -2.30. The highest BCUT2D eigenvalue weighted by atomic mass is 16.4. The van der Waals surface area contributed by atoms with Gasteiger partial charge in [0, 0.05) is 24.7 Å². The van der Waals surface area contributed by atoms with E-state index in [0.717, 1.165) is 18.5 Å². The molecule has 164 valence electrons. The van der Waals surface area contributed by atoms with E-state index < -0.39 is 5.97 Å². The van der Waals surface area contributed by atoms with Gasteiger partial charge < -0.3 is 15.7 Å². The van der Waals surface area contributed by atoms with E-state index in [1.54, 1.807) is 17.7 Å². The maximum Gasteiger partial charge on any atom is 0.335 e. The molecule has 2 saturated carbocycles. The van der Waals surface area contributed by atoms with Crippen LogP contribution in [-0.4, -0.2) is 29.2 Å². The Kier molecular flexibility index (Phi) is 7.21. The van der Waals surface area contributed by atoms with E-state index in [2.05, 4.69) is 54.0 Å². The van der Waals surface area contributed by atoms with Crippen LogP contribution in [0.5, 0.6) is 0 Å². The van der Waals surface area contributed by atoms with Crippen LogP contribution in [-0.2, 0) is 6.54 Å². The van der Waals surface area contributed by atoms with Crippen molar-refractivity contribution in [3.63, 3.8) is 0 Å². The first-order valence-electron chi connectivity index (χ1n) is 11.7. The van der Waals surface area contributed by atoms with E-state index in [-0.39, 0.29) is 0 Å². The van der Waals surface area contributed by atoms with Gasteiger partial charge in [-0.05, 0) is 67.7 Å². The number of hydrogen-bond donors (Lipinski definition) is 3. The zero-order chi connectivity index (χ0) is 21.6. The second-order valence-corrected chi connectivity index (χ2v) is 9.03. The lowest BCUT2D eigenvalue weighted by molar-refractivity contribution is 0.0697. The first-order chi connectivity index (χ1) is 15.1. The van der Waals surface area contributed by atoms with Gasteiger partial charge >= 0.3 is 5.97 Å². The molecule has 0 saturated heterocycles. The Morgan fingerprint density at radius 1 is 1.00 bits per heavy atom. The summed E-state index contributed by atoms with van der Waals surface area (Å²) in [5, 5.41) is 16.6. The average molecular weight is 419 g/mol. The van der Waals surface area contributed by atoms with Crippen LogP contribution in [0.2, 0.25) is 0 Å². The molecular weight excluding hydrogens is 384 g/mol. The molecule has 0 heterocycles. The van der Waals surface area contributed by atoms with Crippen molar-refractivity contribution in [2.75, 3.05) is 0 Å². The standard InChI is InChI=1S/C27H34N2O2/c1-2-21(16-19-6-4-3-5-7-19)25-17-26(25)29-24-14-12-23(13-15-24)28-18-20-8-10-22(11-9-20)27(30)31/h3-11,16,23-26,28-29H,2,12-15,17-18H2,1H3,(H,30,31)/t23?,24?,25?,26-/m0/s1. The minimum Gasteiger partial charge on any atom is -0.478 e. The molecule has 0 aromatic heterocycles. The molecule has 2 aromatic carbocycles. The van der Waals surface area contributed by atoms with Gasteiger partial charge in [-0.25, -0.2) is 4.79 Å². The highest BCUT2D eigenvalue weighted by Gasteiger charge is 2.40. The Morgan fingerprint density at radius 2 is 1.68 bits per heavy atom. The number of hydrogen-bond acceptors (Lipinski definition) is 3. The molecule has 0 amide bonds. The maximum atomic E-state index is 11.0. The van der Waals surface area contributed by atoms with Crippen molar-refractivity contribution < 1.29 is 9.90 Å². The van der Waals surface area contributed by atoms with Crippen molar-refractivity contribution in [1.29, 1.82) is 0 Å². The van der Waals surface area contributed by atoms with Crippen molar-refractivity contribution >= 4 is 12.0 Å². The van der Waals surface area contributed by atoms with Crippen LogP contribution in [0.4, 0.5) is 0 Å². The van der Waals surface area contributed by atoms with Gasteiger partial charge in [-0.3, -0.25) is 0 Å². The quantitative estimate of drug-likeness (QED) is 0.520. The third-order valence-corrected chi connectivity index (χ3v) is 6.80. The molecule has 2 fully saturated rings. The van der Waals surface area contributed by atoms with E-state index in [1.165, 1.54) is 37.7 Å². The molecule has 31 heavy (non-hydrogen) atoms. The molecule has 0 radical (unpaired) electrons. The SMILES string of the molecule is CCC(=Cc1ccccc1)C1C[C@@H]1NC1CCC(NCc2ccc(C(=O)O)cc2)CC1. The summed E-state index contributed by atoms with van der Waals surface area (Å²) in [7, 11) is 0. The fraction of sp³-hybridized carbons (Fsp3) is 0.444. The van der Waals surface area contributed by atoms with Crippen LogP contribution in [0.25, 0.3) is 6.08 Å². The molecule has 3 N–H and O–H groups in total. The summed E-state index contributed by atoms with van der Waals surface area (Å²) in [6, 6.07) is 19.7. The largest absolute Gasteiger partial charge is 0.478 e. The van der Waals surface area contributed by atoms with Crippen molar-refractivity contribution in [3.8, 4) is 0 Å². The van der Waals surface area contributed by atoms with E-state index in [1.807, 2.05) is 12.1 Å². The van der Waals surface area contributed by atoms with Gasteiger partial charge in [0.05, 0.1) is 5.56 Å². The molecule has 0 bridgehead atoms. The van der Waals surface area contributed by atoms with Gasteiger partial charge in [-0.15, -0.1) is 0 Å². The molecule has 1 unspecified atom stereocenters. The molecule has 2 aliphatic carbocycles. The fourth-order valence-corrected chi connectivity index (χ4v) is 4.82. The summed E-state index contributed by atoms with van der Waals surface area (Å²) in [5.41, 5.74) is 4.38. The van der Waals surface area contributed by atoms with E-state index in [9.17, 15) is 4.79 Å². The summed E-state index contributed by atoms with van der Waals surface area (Å²) < 4.78 is 0. The maximum absolute atomic E-state index is 11.0. The molecular formula is C27H34N2O2.